The molecule has 7 heteroatoms. The summed E-state index contributed by atoms with van der Waals surface area (Å²) in [6.45, 7) is 0.0539. The maximum atomic E-state index is 13.1. The molecule has 0 radical (unpaired) electrons. The Morgan fingerprint density at radius 1 is 1.24 bits per heavy atom. The van der Waals surface area contributed by atoms with Gasteiger partial charge in [-0.15, -0.1) is 0 Å². The van der Waals surface area contributed by atoms with Gasteiger partial charge < -0.3 is 20.2 Å². The minimum atomic E-state index is -0.873. The molecule has 0 aliphatic rings. The molecule has 0 unspecified atom stereocenters. The maximum absolute atomic E-state index is 13.1. The molecule has 21 heavy (non-hydrogen) atoms. The van der Waals surface area contributed by atoms with Gasteiger partial charge in [0.05, 0.1) is 6.54 Å². The number of phenolic OH excluding ortho intramolecular Hbond substituents is 1. The van der Waals surface area contributed by atoms with E-state index in [-0.39, 0.29) is 23.8 Å². The molecule has 6 nitrogen and oxygen atoms in total. The summed E-state index contributed by atoms with van der Waals surface area (Å²) in [4.78, 5) is 23.1. The summed E-state index contributed by atoms with van der Waals surface area (Å²) in [7, 11) is 1.48. The van der Waals surface area contributed by atoms with Gasteiger partial charge in [-0.05, 0) is 30.3 Å². The van der Waals surface area contributed by atoms with Crippen LogP contribution in [0.3, 0.4) is 0 Å². The SMILES string of the molecule is CNC(=O)c1ccc(CNC(=O)c2ccc(O)c(F)c2)o1. The first kappa shape index (κ1) is 14.6. The van der Waals surface area contributed by atoms with Gasteiger partial charge >= 0.3 is 0 Å². The molecule has 2 rings (SSSR count). The van der Waals surface area contributed by atoms with Gasteiger partial charge in [0.1, 0.15) is 5.76 Å². The van der Waals surface area contributed by atoms with Crippen LogP contribution in [0.25, 0.3) is 0 Å². The molecule has 3 N–H and O–H groups in total. The van der Waals surface area contributed by atoms with Crippen molar-refractivity contribution in [1.82, 2.24) is 10.6 Å². The van der Waals surface area contributed by atoms with Crippen LogP contribution in [0, 0.1) is 5.82 Å². The highest BCUT2D eigenvalue weighted by atomic mass is 19.1. The fourth-order valence-corrected chi connectivity index (χ4v) is 1.64. The molecule has 0 aliphatic carbocycles. The Bertz CT molecular complexity index is 681. The maximum Gasteiger partial charge on any atom is 0.286 e. The molecule has 110 valence electrons. The van der Waals surface area contributed by atoms with Crippen LogP contribution in [-0.2, 0) is 6.54 Å². The minimum absolute atomic E-state index is 0.0539. The van der Waals surface area contributed by atoms with Gasteiger partial charge in [-0.1, -0.05) is 0 Å². The van der Waals surface area contributed by atoms with E-state index < -0.39 is 17.5 Å². The van der Waals surface area contributed by atoms with E-state index in [9.17, 15) is 14.0 Å². The van der Waals surface area contributed by atoms with Crippen LogP contribution in [0.4, 0.5) is 4.39 Å². The molecule has 0 fully saturated rings. The summed E-state index contributed by atoms with van der Waals surface area (Å²) in [5, 5.41) is 14.0. The van der Waals surface area contributed by atoms with Gasteiger partial charge in [0.15, 0.2) is 17.3 Å². The summed E-state index contributed by atoms with van der Waals surface area (Å²) in [5.74, 6) is -1.76. The highest BCUT2D eigenvalue weighted by molar-refractivity contribution is 5.94. The molecule has 0 saturated heterocycles. The van der Waals surface area contributed by atoms with E-state index in [1.165, 1.54) is 19.2 Å². The molecule has 0 spiro atoms. The molecular formula is C14H13FN2O4. The second kappa shape index (κ2) is 6.08. The average molecular weight is 292 g/mol. The number of halogens is 1. The zero-order chi connectivity index (χ0) is 15.4. The predicted molar refractivity (Wildman–Crippen MR) is 71.3 cm³/mol. The van der Waals surface area contributed by atoms with Crippen molar-refractivity contribution in [2.75, 3.05) is 7.05 Å². The predicted octanol–water partition coefficient (Wildman–Crippen LogP) is 1.41. The van der Waals surface area contributed by atoms with Crippen LogP contribution >= 0.6 is 0 Å². The van der Waals surface area contributed by atoms with Gasteiger partial charge in [-0.25, -0.2) is 4.39 Å². The van der Waals surface area contributed by atoms with E-state index in [1.54, 1.807) is 6.07 Å². The van der Waals surface area contributed by atoms with Gasteiger partial charge in [0, 0.05) is 12.6 Å². The molecule has 0 saturated carbocycles. The van der Waals surface area contributed by atoms with E-state index in [0.29, 0.717) is 5.76 Å². The molecule has 0 atom stereocenters. The lowest BCUT2D eigenvalue weighted by Gasteiger charge is -2.04. The number of furan rings is 1. The lowest BCUT2D eigenvalue weighted by Crippen LogP contribution is -2.22. The Morgan fingerprint density at radius 2 is 2.00 bits per heavy atom. The zero-order valence-electron chi connectivity index (χ0n) is 11.1. The molecule has 1 aromatic heterocycles. The van der Waals surface area contributed by atoms with Crippen molar-refractivity contribution in [3.63, 3.8) is 0 Å². The smallest absolute Gasteiger partial charge is 0.286 e. The van der Waals surface area contributed by atoms with Crippen molar-refractivity contribution in [3.8, 4) is 5.75 Å². The highest BCUT2D eigenvalue weighted by Crippen LogP contribution is 2.16. The third-order valence-electron chi connectivity index (χ3n) is 2.75. The average Bonchev–Trinajstić information content (AvgIpc) is 2.95. The molecule has 0 bridgehead atoms. The Labute approximate surface area is 119 Å². The third-order valence-corrected chi connectivity index (χ3v) is 2.75. The fraction of sp³-hybridized carbons (Fsp3) is 0.143. The van der Waals surface area contributed by atoms with Gasteiger partial charge in [-0.2, -0.15) is 0 Å². The molecular weight excluding hydrogens is 279 g/mol. The van der Waals surface area contributed by atoms with Crippen molar-refractivity contribution < 1.29 is 23.5 Å². The number of benzene rings is 1. The van der Waals surface area contributed by atoms with E-state index >= 15 is 0 Å². The fourth-order valence-electron chi connectivity index (χ4n) is 1.64. The number of amides is 2. The van der Waals surface area contributed by atoms with Crippen molar-refractivity contribution in [2.45, 2.75) is 6.54 Å². The first-order chi connectivity index (χ1) is 10.0. The quantitative estimate of drug-likeness (QED) is 0.794. The zero-order valence-corrected chi connectivity index (χ0v) is 11.1. The second-order valence-corrected chi connectivity index (χ2v) is 4.19. The monoisotopic (exact) mass is 292 g/mol. The van der Waals surface area contributed by atoms with Gasteiger partial charge in [-0.3, -0.25) is 9.59 Å². The summed E-state index contributed by atoms with van der Waals surface area (Å²) < 4.78 is 18.4. The number of hydrogen-bond acceptors (Lipinski definition) is 4. The molecule has 0 aliphatic heterocycles. The number of nitrogens with one attached hydrogen (secondary N) is 2. The van der Waals surface area contributed by atoms with Gasteiger partial charge in [0.2, 0.25) is 0 Å². The lowest BCUT2D eigenvalue weighted by molar-refractivity contribution is 0.0933. The van der Waals surface area contributed by atoms with Crippen molar-refractivity contribution in [1.29, 1.82) is 0 Å². The van der Waals surface area contributed by atoms with E-state index in [0.717, 1.165) is 12.1 Å². The molecule has 1 aromatic carbocycles. The summed E-state index contributed by atoms with van der Waals surface area (Å²) in [6, 6.07) is 6.37. The van der Waals surface area contributed by atoms with E-state index in [2.05, 4.69) is 10.6 Å². The molecule has 1 heterocycles. The van der Waals surface area contributed by atoms with Crippen molar-refractivity contribution >= 4 is 11.8 Å². The second-order valence-electron chi connectivity index (χ2n) is 4.19. The standard InChI is InChI=1S/C14H13FN2O4/c1-16-14(20)12-5-3-9(21-12)7-17-13(19)8-2-4-11(18)10(15)6-8/h2-6,18H,7H2,1H3,(H,16,20)(H,17,19). The highest BCUT2D eigenvalue weighted by Gasteiger charge is 2.12. The normalized spacial score (nSPS) is 10.2. The molecule has 2 aromatic rings. The van der Waals surface area contributed by atoms with Crippen molar-refractivity contribution in [2.24, 2.45) is 0 Å². The Morgan fingerprint density at radius 3 is 2.67 bits per heavy atom. The number of carbonyl (C=O) groups excluding carboxylic acids is 2. The Balaban J connectivity index is 1.99. The lowest BCUT2D eigenvalue weighted by atomic mass is 10.2. The van der Waals surface area contributed by atoms with Crippen LogP contribution in [0.1, 0.15) is 26.7 Å². The van der Waals surface area contributed by atoms with Gasteiger partial charge in [0.25, 0.3) is 11.8 Å². The first-order valence-corrected chi connectivity index (χ1v) is 6.08. The largest absolute Gasteiger partial charge is 0.505 e. The van der Waals surface area contributed by atoms with Crippen LogP contribution in [0.2, 0.25) is 0 Å². The summed E-state index contributed by atoms with van der Waals surface area (Å²) in [6.07, 6.45) is 0. The molecule has 2 amide bonds. The summed E-state index contributed by atoms with van der Waals surface area (Å²) in [5.41, 5.74) is 0.0726. The topological polar surface area (TPSA) is 91.6 Å². The third kappa shape index (κ3) is 3.38. The Kier molecular flexibility index (Phi) is 4.22. The first-order valence-electron chi connectivity index (χ1n) is 6.08. The van der Waals surface area contributed by atoms with Crippen LogP contribution in [-0.4, -0.2) is 24.0 Å². The summed E-state index contributed by atoms with van der Waals surface area (Å²) >= 11 is 0. The number of carbonyl (C=O) groups is 2. The number of hydrogen-bond donors (Lipinski definition) is 3. The minimum Gasteiger partial charge on any atom is -0.505 e. The van der Waals surface area contributed by atoms with Crippen molar-refractivity contribution in [3.05, 3.63) is 53.2 Å². The van der Waals surface area contributed by atoms with E-state index in [1.807, 2.05) is 0 Å². The van der Waals surface area contributed by atoms with Crippen LogP contribution in [0.15, 0.2) is 34.7 Å². The number of aromatic hydroxyl groups is 1. The van der Waals surface area contributed by atoms with Crippen LogP contribution < -0.4 is 10.6 Å². The van der Waals surface area contributed by atoms with Crippen LogP contribution in [0.5, 0.6) is 5.75 Å². The Hall–Kier alpha value is -2.83. The number of phenols is 1. The van der Waals surface area contributed by atoms with E-state index in [4.69, 9.17) is 9.52 Å². The number of rotatable bonds is 4.